The number of rotatable bonds is 19. The number of esters is 1. The number of carbonyl (C=O) groups excluding carboxylic acids is 7. The van der Waals surface area contributed by atoms with Gasteiger partial charge in [0.05, 0.1) is 7.11 Å². The molecule has 14 heteroatoms. The molecular weight excluding hydrogens is 596 g/mol. The Morgan fingerprint density at radius 1 is 0.500 bits per heavy atom. The minimum Gasteiger partial charge on any atom is -0.467 e. The van der Waals surface area contributed by atoms with E-state index in [-0.39, 0.29) is 36.2 Å². The molecule has 6 amide bonds. The van der Waals surface area contributed by atoms with Crippen molar-refractivity contribution in [3.05, 3.63) is 12.2 Å². The Bertz CT molecular complexity index is 1110. The van der Waals surface area contributed by atoms with Crippen LogP contribution in [0.5, 0.6) is 0 Å². The van der Waals surface area contributed by atoms with Crippen LogP contribution in [0.15, 0.2) is 12.2 Å². The number of methoxy groups -OCH3 is 1. The van der Waals surface area contributed by atoms with Gasteiger partial charge in [-0.2, -0.15) is 0 Å². The molecule has 0 aliphatic carbocycles. The summed E-state index contributed by atoms with van der Waals surface area (Å²) < 4.78 is 4.64. The SMILES string of the molecule is C=C(C)C(=O)N[C@@H](CC(C)C)C(=O)N[C@@H](C)C(=O)N[C@@H](CC(C)C)C(=O)N[C@@H](C)C(=O)N[C@@H](CC(C)C)C(=O)N[C@@H](C)C(=O)OC. The van der Waals surface area contributed by atoms with Crippen LogP contribution in [0, 0.1) is 17.8 Å². The van der Waals surface area contributed by atoms with Gasteiger partial charge in [-0.3, -0.25) is 28.8 Å². The summed E-state index contributed by atoms with van der Waals surface area (Å²) in [4.78, 5) is 89.1. The Hall–Kier alpha value is -3.97. The Labute approximate surface area is 273 Å². The van der Waals surface area contributed by atoms with Crippen molar-refractivity contribution >= 4 is 41.4 Å². The second kappa shape index (κ2) is 20.2. The number of hydrogen-bond donors (Lipinski definition) is 6. The molecule has 14 nitrogen and oxygen atoms in total. The van der Waals surface area contributed by atoms with E-state index in [0.29, 0.717) is 6.42 Å². The maximum absolute atomic E-state index is 13.3. The molecule has 0 fully saturated rings. The van der Waals surface area contributed by atoms with Crippen LogP contribution >= 0.6 is 0 Å². The minimum atomic E-state index is -1.08. The summed E-state index contributed by atoms with van der Waals surface area (Å²) >= 11 is 0. The zero-order valence-corrected chi connectivity index (χ0v) is 29.3. The molecule has 0 aromatic heterocycles. The number of carbonyl (C=O) groups is 7. The van der Waals surface area contributed by atoms with Gasteiger partial charge in [0.2, 0.25) is 35.4 Å². The highest BCUT2D eigenvalue weighted by Gasteiger charge is 2.31. The summed E-state index contributed by atoms with van der Waals surface area (Å²) in [5, 5.41) is 15.6. The summed E-state index contributed by atoms with van der Waals surface area (Å²) in [6.45, 7) is 20.7. The lowest BCUT2D eigenvalue weighted by molar-refractivity contribution is -0.145. The second-order valence-electron chi connectivity index (χ2n) is 13.0. The van der Waals surface area contributed by atoms with Gasteiger partial charge in [-0.25, -0.2) is 4.79 Å². The molecule has 0 aliphatic rings. The molecule has 6 N–H and O–H groups in total. The highest BCUT2D eigenvalue weighted by molar-refractivity contribution is 5.98. The Balaban J connectivity index is 5.56. The standard InChI is InChI=1S/C32H56N6O8/c1-16(2)13-23(36-26(39)19(7)8)29(42)33-20(9)27(40)37-24(14-17(3)4)30(43)34-21(10)28(41)38-25(15-18(5)6)31(44)35-22(11)32(45)46-12/h16-18,20-25H,7,13-15H2,1-6,8-12H3,(H,33,42)(H,34,43)(H,35,44)(H,36,39)(H,37,40)(H,38,41)/t20-,21-,22-,23-,24-,25-/m0/s1. The average molecular weight is 653 g/mol. The summed E-state index contributed by atoms with van der Waals surface area (Å²) in [5.74, 6) is -4.06. The van der Waals surface area contributed by atoms with Gasteiger partial charge in [-0.1, -0.05) is 48.1 Å². The van der Waals surface area contributed by atoms with E-state index >= 15 is 0 Å². The predicted octanol–water partition coefficient (Wildman–Crippen LogP) is 0.842. The number of hydrogen-bond acceptors (Lipinski definition) is 8. The van der Waals surface area contributed by atoms with Crippen LogP contribution in [0.3, 0.4) is 0 Å². The molecule has 6 atom stereocenters. The molecule has 0 saturated heterocycles. The molecule has 0 radical (unpaired) electrons. The van der Waals surface area contributed by atoms with Crippen LogP contribution in [-0.2, 0) is 38.3 Å². The van der Waals surface area contributed by atoms with Gasteiger partial charge in [0.1, 0.15) is 36.3 Å². The summed E-state index contributed by atoms with van der Waals surface area (Å²) in [6, 6.07) is -5.95. The van der Waals surface area contributed by atoms with E-state index < -0.39 is 77.7 Å². The Morgan fingerprint density at radius 2 is 0.804 bits per heavy atom. The van der Waals surface area contributed by atoms with E-state index in [9.17, 15) is 33.6 Å². The van der Waals surface area contributed by atoms with Gasteiger partial charge in [0, 0.05) is 5.57 Å². The fraction of sp³-hybridized carbons (Fsp3) is 0.719. The van der Waals surface area contributed by atoms with Crippen LogP contribution < -0.4 is 31.9 Å². The lowest BCUT2D eigenvalue weighted by atomic mass is 10.0. The van der Waals surface area contributed by atoms with E-state index in [2.05, 4.69) is 43.2 Å². The lowest BCUT2D eigenvalue weighted by Crippen LogP contribution is -2.58. The molecule has 0 unspecified atom stereocenters. The zero-order chi connectivity index (χ0) is 35.9. The van der Waals surface area contributed by atoms with Crippen molar-refractivity contribution in [1.29, 1.82) is 0 Å². The molecule has 0 bridgehead atoms. The quantitative estimate of drug-likeness (QED) is 0.0871. The van der Waals surface area contributed by atoms with Crippen molar-refractivity contribution in [3.8, 4) is 0 Å². The topological polar surface area (TPSA) is 201 Å². The molecule has 46 heavy (non-hydrogen) atoms. The molecule has 0 aromatic rings. The maximum Gasteiger partial charge on any atom is 0.328 e. The normalized spacial score (nSPS) is 15.0. The first-order valence-electron chi connectivity index (χ1n) is 15.8. The van der Waals surface area contributed by atoms with Crippen molar-refractivity contribution in [2.75, 3.05) is 7.11 Å². The maximum atomic E-state index is 13.3. The fourth-order valence-electron chi connectivity index (χ4n) is 4.29. The third-order valence-corrected chi connectivity index (χ3v) is 6.81. The van der Waals surface area contributed by atoms with Crippen molar-refractivity contribution in [3.63, 3.8) is 0 Å². The van der Waals surface area contributed by atoms with Gasteiger partial charge in [0.15, 0.2) is 0 Å². The second-order valence-corrected chi connectivity index (χ2v) is 13.0. The van der Waals surface area contributed by atoms with Crippen LogP contribution in [0.2, 0.25) is 0 Å². The molecule has 0 heterocycles. The van der Waals surface area contributed by atoms with Crippen molar-refractivity contribution < 1.29 is 38.3 Å². The van der Waals surface area contributed by atoms with Gasteiger partial charge >= 0.3 is 5.97 Å². The monoisotopic (exact) mass is 652 g/mol. The zero-order valence-electron chi connectivity index (χ0n) is 29.3. The molecule has 0 aromatic carbocycles. The first-order chi connectivity index (χ1) is 21.2. The molecule has 0 rings (SSSR count). The van der Waals surface area contributed by atoms with Crippen LogP contribution in [0.25, 0.3) is 0 Å². The van der Waals surface area contributed by atoms with E-state index in [4.69, 9.17) is 0 Å². The summed E-state index contributed by atoms with van der Waals surface area (Å²) in [5.41, 5.74) is 0.240. The van der Waals surface area contributed by atoms with Gasteiger partial charge in [-0.05, 0) is 64.7 Å². The fourth-order valence-corrected chi connectivity index (χ4v) is 4.29. The van der Waals surface area contributed by atoms with Crippen molar-refractivity contribution in [2.45, 2.75) is 125 Å². The van der Waals surface area contributed by atoms with Crippen molar-refractivity contribution in [1.82, 2.24) is 31.9 Å². The third kappa shape index (κ3) is 15.8. The number of ether oxygens (including phenoxy) is 1. The molecule has 0 saturated carbocycles. The van der Waals surface area contributed by atoms with E-state index in [1.165, 1.54) is 34.8 Å². The van der Waals surface area contributed by atoms with Gasteiger partial charge < -0.3 is 36.6 Å². The van der Waals surface area contributed by atoms with E-state index in [0.717, 1.165) is 0 Å². The first-order valence-corrected chi connectivity index (χ1v) is 15.8. The minimum absolute atomic E-state index is 0.0190. The van der Waals surface area contributed by atoms with Gasteiger partial charge in [0.25, 0.3) is 0 Å². The first kappa shape index (κ1) is 42.0. The number of amides is 6. The third-order valence-electron chi connectivity index (χ3n) is 6.81. The largest absolute Gasteiger partial charge is 0.467 e. The molecule has 0 spiro atoms. The highest BCUT2D eigenvalue weighted by Crippen LogP contribution is 2.09. The smallest absolute Gasteiger partial charge is 0.328 e. The molecule has 0 aliphatic heterocycles. The Morgan fingerprint density at radius 3 is 1.09 bits per heavy atom. The van der Waals surface area contributed by atoms with E-state index in [1.54, 1.807) is 0 Å². The molecular formula is C32H56N6O8. The van der Waals surface area contributed by atoms with Gasteiger partial charge in [-0.15, -0.1) is 0 Å². The van der Waals surface area contributed by atoms with E-state index in [1.807, 2.05) is 41.5 Å². The Kier molecular flexibility index (Phi) is 18.5. The lowest BCUT2D eigenvalue weighted by Gasteiger charge is -2.26. The summed E-state index contributed by atoms with van der Waals surface area (Å²) in [7, 11) is 1.20. The van der Waals surface area contributed by atoms with Crippen molar-refractivity contribution in [2.24, 2.45) is 17.8 Å². The van der Waals surface area contributed by atoms with Crippen LogP contribution in [-0.4, -0.2) is 84.8 Å². The average Bonchev–Trinajstić information content (AvgIpc) is 2.94. The highest BCUT2D eigenvalue weighted by atomic mass is 16.5. The van der Waals surface area contributed by atoms with Crippen LogP contribution in [0.4, 0.5) is 0 Å². The summed E-state index contributed by atoms with van der Waals surface area (Å²) in [6.07, 6.45) is 0.846. The predicted molar refractivity (Wildman–Crippen MR) is 174 cm³/mol. The number of nitrogens with one attached hydrogen (secondary N) is 6. The van der Waals surface area contributed by atoms with Crippen LogP contribution in [0.1, 0.15) is 88.5 Å². The molecule has 262 valence electrons.